The van der Waals surface area contributed by atoms with E-state index in [0.717, 1.165) is 11.1 Å². The molecule has 1 atom stereocenters. The van der Waals surface area contributed by atoms with Crippen molar-refractivity contribution < 1.29 is 17.6 Å². The maximum Gasteiger partial charge on any atom is 0.413 e. The van der Waals surface area contributed by atoms with Crippen molar-refractivity contribution >= 4 is 22.3 Å². The van der Waals surface area contributed by atoms with Crippen LogP contribution in [0.3, 0.4) is 0 Å². The van der Waals surface area contributed by atoms with Crippen LogP contribution in [0.4, 0.5) is 28.9 Å². The van der Waals surface area contributed by atoms with Crippen molar-refractivity contribution in [1.29, 1.82) is 15.8 Å². The highest BCUT2D eigenvalue weighted by Crippen LogP contribution is 2.53. The van der Waals surface area contributed by atoms with Gasteiger partial charge in [0.1, 0.15) is 12.1 Å². The number of hydrogen-bond donors (Lipinski definition) is 4. The Balaban J connectivity index is 1.61. The lowest BCUT2D eigenvalue weighted by atomic mass is 9.95. The molecular formula is C29H26F4N10. The van der Waals surface area contributed by atoms with E-state index in [0.29, 0.717) is 39.2 Å². The number of rotatable bonds is 8. The molecule has 0 bridgehead atoms. The number of aromatic nitrogens is 2. The minimum Gasteiger partial charge on any atom is -0.382 e. The molecule has 0 spiro atoms. The predicted molar refractivity (Wildman–Crippen MR) is 149 cm³/mol. The number of halogens is 4. The number of aryl methyl sites for hydroxylation is 1. The monoisotopic (exact) mass is 590 g/mol. The zero-order valence-electron chi connectivity index (χ0n) is 23.4. The Bertz CT molecular complexity index is 1760. The lowest BCUT2D eigenvalue weighted by molar-refractivity contribution is -0.195. The van der Waals surface area contributed by atoms with Crippen LogP contribution in [0.15, 0.2) is 42.4 Å². The molecule has 2 aromatic heterocycles. The van der Waals surface area contributed by atoms with Crippen molar-refractivity contribution in [1.82, 2.24) is 25.9 Å². The predicted octanol–water partition coefficient (Wildman–Crippen LogP) is 5.20. The Hall–Kier alpha value is -5.13. The smallest absolute Gasteiger partial charge is 0.382 e. The molecule has 1 saturated carbocycles. The minimum absolute atomic E-state index is 0.0764. The highest BCUT2D eigenvalue weighted by molar-refractivity contribution is 5.99. The van der Waals surface area contributed by atoms with Gasteiger partial charge in [0, 0.05) is 41.3 Å². The molecule has 1 aromatic carbocycles. The molecule has 1 aliphatic carbocycles. The molecule has 3 heterocycles. The third-order valence-corrected chi connectivity index (χ3v) is 7.55. The lowest BCUT2D eigenvalue weighted by Crippen LogP contribution is -2.52. The Morgan fingerprint density at radius 2 is 1.84 bits per heavy atom. The number of nitriles is 3. The van der Waals surface area contributed by atoms with Crippen LogP contribution in [0.1, 0.15) is 55.1 Å². The molecule has 0 amide bonds. The minimum atomic E-state index is -4.47. The second-order valence-electron chi connectivity index (χ2n) is 11.1. The van der Waals surface area contributed by atoms with E-state index in [4.69, 9.17) is 0 Å². The first-order valence-corrected chi connectivity index (χ1v) is 13.2. The third kappa shape index (κ3) is 5.43. The van der Waals surface area contributed by atoms with Gasteiger partial charge >= 0.3 is 6.18 Å². The van der Waals surface area contributed by atoms with Crippen LogP contribution >= 0.6 is 0 Å². The highest BCUT2D eigenvalue weighted by Gasteiger charge is 2.67. The fourth-order valence-corrected chi connectivity index (χ4v) is 4.92. The van der Waals surface area contributed by atoms with Crippen LogP contribution in [0.25, 0.3) is 10.9 Å². The van der Waals surface area contributed by atoms with Crippen LogP contribution in [-0.4, -0.2) is 33.2 Å². The molecule has 10 nitrogen and oxygen atoms in total. The molecule has 3 aromatic rings. The van der Waals surface area contributed by atoms with Gasteiger partial charge in [0.2, 0.25) is 5.95 Å². The van der Waals surface area contributed by atoms with Crippen molar-refractivity contribution in [2.45, 2.75) is 51.4 Å². The summed E-state index contributed by atoms with van der Waals surface area (Å²) >= 11 is 0. The molecule has 0 saturated heterocycles. The summed E-state index contributed by atoms with van der Waals surface area (Å²) in [5, 5.41) is 37.1. The number of nitrogens with zero attached hydrogens (tertiary/aromatic N) is 6. The fraction of sp³-hybridized carbons (Fsp3) is 0.345. The first-order valence-electron chi connectivity index (χ1n) is 13.2. The van der Waals surface area contributed by atoms with E-state index in [9.17, 15) is 33.3 Å². The number of fused-ring (bicyclic) bond motifs is 1. The van der Waals surface area contributed by atoms with Gasteiger partial charge in [-0.3, -0.25) is 9.99 Å². The second kappa shape index (κ2) is 10.6. The molecule has 1 aliphatic heterocycles. The average molecular weight is 591 g/mol. The van der Waals surface area contributed by atoms with E-state index in [1.807, 2.05) is 0 Å². The average Bonchev–Trinajstić information content (AvgIpc) is 3.65. The summed E-state index contributed by atoms with van der Waals surface area (Å²) in [5.41, 5.74) is 5.07. The number of hydrazine groups is 2. The Kier molecular flexibility index (Phi) is 7.25. The topological polar surface area (TPSA) is 149 Å². The molecule has 220 valence electrons. The van der Waals surface area contributed by atoms with Crippen molar-refractivity contribution in [3.05, 3.63) is 70.7 Å². The molecule has 0 unspecified atom stereocenters. The van der Waals surface area contributed by atoms with Crippen molar-refractivity contribution in [3.63, 3.8) is 0 Å². The molecule has 43 heavy (non-hydrogen) atoms. The van der Waals surface area contributed by atoms with Gasteiger partial charge in [-0.2, -0.15) is 33.3 Å². The number of benzene rings is 1. The van der Waals surface area contributed by atoms with Crippen LogP contribution in [0.2, 0.25) is 0 Å². The zero-order chi connectivity index (χ0) is 31.2. The first kappa shape index (κ1) is 29.4. The Morgan fingerprint density at radius 1 is 1.12 bits per heavy atom. The van der Waals surface area contributed by atoms with Gasteiger partial charge in [-0.05, 0) is 51.8 Å². The number of nitrogens with one attached hydrogen (secondary N) is 4. The van der Waals surface area contributed by atoms with E-state index in [1.165, 1.54) is 24.5 Å². The van der Waals surface area contributed by atoms with Gasteiger partial charge in [-0.1, -0.05) is 6.07 Å². The molecule has 5 rings (SSSR count). The van der Waals surface area contributed by atoms with E-state index in [2.05, 4.69) is 49.8 Å². The summed E-state index contributed by atoms with van der Waals surface area (Å²) in [4.78, 5) is 8.21. The normalized spacial score (nSPS) is 16.4. The van der Waals surface area contributed by atoms with Crippen molar-refractivity contribution in [2.75, 3.05) is 17.2 Å². The second-order valence-corrected chi connectivity index (χ2v) is 11.1. The van der Waals surface area contributed by atoms with E-state index in [1.54, 1.807) is 26.8 Å². The van der Waals surface area contributed by atoms with Gasteiger partial charge < -0.3 is 16.1 Å². The molecule has 14 heteroatoms. The van der Waals surface area contributed by atoms with Crippen LogP contribution in [0.5, 0.6) is 0 Å². The standard InChI is InChI=1S/C29H26F4N10/c1-16-20(4-5-23(30)39-16)26(22-13-43(42-41-22)28(6-7-28)29(31,32)33)40-19-8-17(10-34)24-21(9-19)25(18(11-35)12-37-24)38-15-27(2,3)14-36/h4-5,8-9,12-13,26,40-42H,6-7,15H2,1-3H3,(H,37,38)/t26-/m0/s1. The fourth-order valence-electron chi connectivity index (χ4n) is 4.92. The van der Waals surface area contributed by atoms with E-state index in [-0.39, 0.29) is 30.5 Å². The van der Waals surface area contributed by atoms with Crippen LogP contribution in [-0.2, 0) is 0 Å². The van der Waals surface area contributed by atoms with Crippen LogP contribution in [0, 0.1) is 52.3 Å². The maximum absolute atomic E-state index is 13.9. The number of pyridine rings is 2. The van der Waals surface area contributed by atoms with E-state index < -0.39 is 29.1 Å². The molecule has 0 radical (unpaired) electrons. The quantitative estimate of drug-likeness (QED) is 0.204. The largest absolute Gasteiger partial charge is 0.413 e. The molecule has 4 N–H and O–H groups in total. The van der Waals surface area contributed by atoms with Gasteiger partial charge in [0.15, 0.2) is 5.54 Å². The van der Waals surface area contributed by atoms with Gasteiger partial charge in [-0.25, -0.2) is 4.98 Å². The Morgan fingerprint density at radius 3 is 2.44 bits per heavy atom. The third-order valence-electron chi connectivity index (χ3n) is 7.55. The first-order chi connectivity index (χ1) is 20.3. The zero-order valence-corrected chi connectivity index (χ0v) is 23.4. The molecule has 2 aliphatic rings. The van der Waals surface area contributed by atoms with Gasteiger partial charge in [0.05, 0.1) is 45.6 Å². The summed E-state index contributed by atoms with van der Waals surface area (Å²) in [7, 11) is 0. The number of anilines is 2. The number of hydrogen-bond acceptors (Lipinski definition) is 10. The van der Waals surface area contributed by atoms with Gasteiger partial charge in [-0.15, -0.1) is 5.53 Å². The number of alkyl halides is 3. The van der Waals surface area contributed by atoms with E-state index >= 15 is 0 Å². The van der Waals surface area contributed by atoms with Crippen molar-refractivity contribution in [3.8, 4) is 18.2 Å². The summed E-state index contributed by atoms with van der Waals surface area (Å²) in [6.07, 6.45) is -1.96. The Labute approximate surface area is 244 Å². The SMILES string of the molecule is Cc1nc(F)ccc1[C@H](Nc1cc(C#N)c2ncc(C#N)c(NCC(C)(C)C#N)c2c1)C1=CN(C2(C(F)(F)F)CC2)NN1. The molecular weight excluding hydrogens is 564 g/mol. The summed E-state index contributed by atoms with van der Waals surface area (Å²) < 4.78 is 55.5. The summed E-state index contributed by atoms with van der Waals surface area (Å²) in [6.45, 7) is 5.24. The maximum atomic E-state index is 13.9. The summed E-state index contributed by atoms with van der Waals surface area (Å²) in [5.74, 6) is -0.717. The summed E-state index contributed by atoms with van der Waals surface area (Å²) in [6, 6.07) is 11.3. The molecule has 1 fully saturated rings. The lowest BCUT2D eigenvalue weighted by Gasteiger charge is -2.28. The van der Waals surface area contributed by atoms with Gasteiger partial charge in [0.25, 0.3) is 0 Å². The van der Waals surface area contributed by atoms with Crippen molar-refractivity contribution in [2.24, 2.45) is 5.41 Å². The highest BCUT2D eigenvalue weighted by atomic mass is 19.4. The van der Waals surface area contributed by atoms with Crippen LogP contribution < -0.4 is 21.6 Å².